The van der Waals surface area contributed by atoms with Gasteiger partial charge in [-0.3, -0.25) is 0 Å². The second-order valence-electron chi connectivity index (χ2n) is 6.57. The Kier molecular flexibility index (Phi) is 4.49. The summed E-state index contributed by atoms with van der Waals surface area (Å²) in [6.07, 6.45) is 0.902. The third-order valence-electron chi connectivity index (χ3n) is 4.67. The molecule has 0 aliphatic rings. The third-order valence-corrected chi connectivity index (χ3v) is 5.52. The molecule has 2 aromatic carbocycles. The van der Waals surface area contributed by atoms with Crippen molar-refractivity contribution in [3.05, 3.63) is 64.5 Å². The Morgan fingerprint density at radius 1 is 1.11 bits per heavy atom. The first-order valence-corrected chi connectivity index (χ1v) is 9.79. The minimum Gasteiger partial charge on any atom is -0.382 e. The number of hydrogen-bond donors (Lipinski definition) is 1. The van der Waals surface area contributed by atoms with Gasteiger partial charge >= 0.3 is 0 Å². The van der Waals surface area contributed by atoms with Gasteiger partial charge in [0.15, 0.2) is 11.5 Å². The monoisotopic (exact) mass is 375 g/mol. The average molecular weight is 376 g/mol. The fourth-order valence-corrected chi connectivity index (χ4v) is 4.05. The van der Waals surface area contributed by atoms with Gasteiger partial charge in [-0.1, -0.05) is 54.1 Å². The molecular formula is C21H21N5S. The van der Waals surface area contributed by atoms with Gasteiger partial charge in [-0.05, 0) is 37.5 Å². The number of para-hydroxylation sites is 1. The smallest absolute Gasteiger partial charge is 0.165 e. The van der Waals surface area contributed by atoms with E-state index in [0.717, 1.165) is 28.4 Å². The molecule has 2 heterocycles. The van der Waals surface area contributed by atoms with Crippen LogP contribution in [0.2, 0.25) is 0 Å². The van der Waals surface area contributed by atoms with Crippen LogP contribution in [-0.2, 0) is 6.42 Å². The van der Waals surface area contributed by atoms with Crippen LogP contribution in [-0.4, -0.2) is 20.0 Å². The van der Waals surface area contributed by atoms with Crippen molar-refractivity contribution in [2.24, 2.45) is 0 Å². The van der Waals surface area contributed by atoms with Crippen molar-refractivity contribution in [2.45, 2.75) is 27.2 Å². The molecule has 6 heteroatoms. The van der Waals surface area contributed by atoms with Gasteiger partial charge in [0.2, 0.25) is 0 Å². The van der Waals surface area contributed by atoms with E-state index in [4.69, 9.17) is 10.7 Å². The molecule has 0 fully saturated rings. The molecule has 0 saturated heterocycles. The van der Waals surface area contributed by atoms with Crippen LogP contribution in [0.3, 0.4) is 0 Å². The first-order valence-electron chi connectivity index (χ1n) is 8.91. The highest BCUT2D eigenvalue weighted by atomic mass is 32.1. The average Bonchev–Trinajstić information content (AvgIpc) is 3.28. The van der Waals surface area contributed by atoms with Crippen LogP contribution in [0.25, 0.3) is 27.6 Å². The number of anilines is 1. The van der Waals surface area contributed by atoms with E-state index in [9.17, 15) is 0 Å². The molecule has 4 aromatic rings. The molecule has 2 aromatic heterocycles. The summed E-state index contributed by atoms with van der Waals surface area (Å²) in [5, 5.41) is 11.4. The van der Waals surface area contributed by atoms with E-state index in [1.54, 1.807) is 4.68 Å². The lowest BCUT2D eigenvalue weighted by Gasteiger charge is -2.08. The highest BCUT2D eigenvalue weighted by Crippen LogP contribution is 2.33. The molecule has 0 aliphatic carbocycles. The van der Waals surface area contributed by atoms with Crippen LogP contribution in [0.4, 0.5) is 5.82 Å². The van der Waals surface area contributed by atoms with Crippen molar-refractivity contribution in [1.29, 1.82) is 0 Å². The topological polar surface area (TPSA) is 69.6 Å². The Labute approximate surface area is 162 Å². The van der Waals surface area contributed by atoms with Gasteiger partial charge in [-0.2, -0.15) is 4.68 Å². The summed E-state index contributed by atoms with van der Waals surface area (Å²) in [4.78, 5) is 4.77. The maximum atomic E-state index is 6.39. The number of benzene rings is 2. The van der Waals surface area contributed by atoms with Gasteiger partial charge < -0.3 is 5.73 Å². The number of aryl methyl sites for hydroxylation is 3. The quantitative estimate of drug-likeness (QED) is 0.555. The number of thiazole rings is 1. The van der Waals surface area contributed by atoms with Gasteiger partial charge in [0.05, 0.1) is 11.4 Å². The van der Waals surface area contributed by atoms with Crippen LogP contribution in [0.15, 0.2) is 47.8 Å². The number of nitrogen functional groups attached to an aromatic ring is 1. The number of nitrogens with zero attached hydrogens (tertiary/aromatic N) is 4. The van der Waals surface area contributed by atoms with Gasteiger partial charge in [0.25, 0.3) is 0 Å². The molecule has 5 nitrogen and oxygen atoms in total. The summed E-state index contributed by atoms with van der Waals surface area (Å²) in [6.45, 7) is 6.31. The SMILES string of the molecule is CCc1ccccc1-n1nnc(-c2nc(-c3ccc(C)cc3C)cs2)c1N. The van der Waals surface area contributed by atoms with Crippen LogP contribution < -0.4 is 5.73 Å². The minimum atomic E-state index is 0.512. The fraction of sp³-hybridized carbons (Fsp3) is 0.190. The third kappa shape index (κ3) is 3.13. The highest BCUT2D eigenvalue weighted by Gasteiger charge is 2.18. The number of aromatic nitrogens is 4. The molecule has 136 valence electrons. The summed E-state index contributed by atoms with van der Waals surface area (Å²) in [6, 6.07) is 14.5. The Bertz CT molecular complexity index is 1110. The maximum absolute atomic E-state index is 6.39. The normalized spacial score (nSPS) is 11.1. The Morgan fingerprint density at radius 2 is 1.93 bits per heavy atom. The number of nitrogens with two attached hydrogens (primary N) is 1. The molecule has 0 amide bonds. The van der Waals surface area contributed by atoms with Crippen LogP contribution in [0, 0.1) is 13.8 Å². The number of hydrogen-bond acceptors (Lipinski definition) is 5. The molecule has 0 atom stereocenters. The van der Waals surface area contributed by atoms with E-state index in [1.165, 1.54) is 28.0 Å². The van der Waals surface area contributed by atoms with Gasteiger partial charge in [-0.15, -0.1) is 16.4 Å². The second kappa shape index (κ2) is 6.96. The van der Waals surface area contributed by atoms with E-state index < -0.39 is 0 Å². The summed E-state index contributed by atoms with van der Waals surface area (Å²) >= 11 is 1.54. The second-order valence-corrected chi connectivity index (χ2v) is 7.43. The molecule has 0 unspecified atom stereocenters. The van der Waals surface area contributed by atoms with E-state index in [2.05, 4.69) is 55.3 Å². The molecular weight excluding hydrogens is 354 g/mol. The Morgan fingerprint density at radius 3 is 2.70 bits per heavy atom. The van der Waals surface area contributed by atoms with Crippen molar-refractivity contribution in [3.8, 4) is 27.6 Å². The molecule has 4 rings (SSSR count). The zero-order valence-corrected chi connectivity index (χ0v) is 16.4. The van der Waals surface area contributed by atoms with E-state index in [-0.39, 0.29) is 0 Å². The maximum Gasteiger partial charge on any atom is 0.165 e. The van der Waals surface area contributed by atoms with Crippen molar-refractivity contribution in [1.82, 2.24) is 20.0 Å². The van der Waals surface area contributed by atoms with Crippen molar-refractivity contribution in [3.63, 3.8) is 0 Å². The number of rotatable bonds is 4. The van der Waals surface area contributed by atoms with Crippen molar-refractivity contribution in [2.75, 3.05) is 5.73 Å². The summed E-state index contributed by atoms with van der Waals surface area (Å²) in [7, 11) is 0. The highest BCUT2D eigenvalue weighted by molar-refractivity contribution is 7.13. The lowest BCUT2D eigenvalue weighted by molar-refractivity contribution is 0.800. The standard InChI is InChI=1S/C21H21N5S/c1-4-15-7-5-6-8-18(15)26-20(22)19(24-25-26)21-23-17(12-27-21)16-10-9-13(2)11-14(16)3/h5-12H,4,22H2,1-3H3. The predicted octanol–water partition coefficient (Wildman–Crippen LogP) is 4.82. The van der Waals surface area contributed by atoms with Crippen LogP contribution in [0.5, 0.6) is 0 Å². The molecule has 2 N–H and O–H groups in total. The van der Waals surface area contributed by atoms with Crippen LogP contribution >= 0.6 is 11.3 Å². The predicted molar refractivity (Wildman–Crippen MR) is 111 cm³/mol. The first-order chi connectivity index (χ1) is 13.1. The van der Waals surface area contributed by atoms with Gasteiger partial charge in [0.1, 0.15) is 5.01 Å². The molecule has 27 heavy (non-hydrogen) atoms. The van der Waals surface area contributed by atoms with Crippen molar-refractivity contribution < 1.29 is 0 Å². The molecule has 0 bridgehead atoms. The molecule has 0 radical (unpaired) electrons. The summed E-state index contributed by atoms with van der Waals surface area (Å²) < 4.78 is 1.70. The largest absolute Gasteiger partial charge is 0.382 e. The minimum absolute atomic E-state index is 0.512. The summed E-state index contributed by atoms with van der Waals surface area (Å²) in [5.41, 5.74) is 13.7. The lowest BCUT2D eigenvalue weighted by atomic mass is 10.0. The molecule has 0 saturated carbocycles. The van der Waals surface area contributed by atoms with Crippen LogP contribution in [0.1, 0.15) is 23.6 Å². The fourth-order valence-electron chi connectivity index (χ4n) is 3.24. The molecule has 0 aliphatic heterocycles. The Hall–Kier alpha value is -2.99. The van der Waals surface area contributed by atoms with E-state index in [1.807, 2.05) is 23.6 Å². The molecule has 0 spiro atoms. The first kappa shape index (κ1) is 17.4. The lowest BCUT2D eigenvalue weighted by Crippen LogP contribution is -2.05. The van der Waals surface area contributed by atoms with E-state index >= 15 is 0 Å². The van der Waals surface area contributed by atoms with Gasteiger partial charge in [-0.25, -0.2) is 4.98 Å². The zero-order chi connectivity index (χ0) is 19.0. The zero-order valence-electron chi connectivity index (χ0n) is 15.6. The van der Waals surface area contributed by atoms with E-state index in [0.29, 0.717) is 11.5 Å². The van der Waals surface area contributed by atoms with Gasteiger partial charge in [0, 0.05) is 10.9 Å². The van der Waals surface area contributed by atoms with Crippen molar-refractivity contribution >= 4 is 17.2 Å². The summed E-state index contributed by atoms with van der Waals surface area (Å²) in [5.74, 6) is 0.512. The Balaban J connectivity index is 1.74.